The van der Waals surface area contributed by atoms with Crippen molar-refractivity contribution >= 4 is 35.0 Å². The maximum Gasteiger partial charge on any atom is 0.417 e. The number of para-hydroxylation sites is 1. The van der Waals surface area contributed by atoms with Crippen molar-refractivity contribution < 1.29 is 23.7 Å². The first-order valence-electron chi connectivity index (χ1n) is 11.5. The number of hydrogen-bond acceptors (Lipinski definition) is 6. The van der Waals surface area contributed by atoms with E-state index >= 15 is 0 Å². The number of amides is 1. The Balaban J connectivity index is 1.20. The van der Waals surface area contributed by atoms with Gasteiger partial charge in [-0.25, -0.2) is 9.78 Å². The second-order valence-electron chi connectivity index (χ2n) is 8.33. The minimum atomic E-state index is -1.12. The number of hydrogen-bond donors (Lipinski definition) is 1. The molecule has 1 fully saturated rings. The first-order valence-corrected chi connectivity index (χ1v) is 12.2. The molecule has 1 aliphatic heterocycles. The Kier molecular flexibility index (Phi) is 7.62. The molecule has 4 aromatic rings. The van der Waals surface area contributed by atoms with E-state index in [1.165, 1.54) is 0 Å². The van der Waals surface area contributed by atoms with Crippen LogP contribution in [0.1, 0.15) is 5.56 Å². The third-order valence-electron chi connectivity index (χ3n) is 5.64. The molecule has 37 heavy (non-hydrogen) atoms. The van der Waals surface area contributed by atoms with Crippen molar-refractivity contribution in [1.29, 1.82) is 0 Å². The predicted molar refractivity (Wildman–Crippen MR) is 139 cm³/mol. The summed E-state index contributed by atoms with van der Waals surface area (Å²) in [5, 5.41) is 3.65. The van der Waals surface area contributed by atoms with Crippen LogP contribution >= 0.6 is 23.2 Å². The van der Waals surface area contributed by atoms with Crippen LogP contribution in [-0.2, 0) is 21.8 Å². The number of rotatable bonds is 8. The van der Waals surface area contributed by atoms with Gasteiger partial charge in [-0.1, -0.05) is 47.5 Å². The lowest BCUT2D eigenvalue weighted by Gasteiger charge is -2.30. The molecule has 190 valence electrons. The summed E-state index contributed by atoms with van der Waals surface area (Å²) in [6, 6.07) is 21.0. The number of nitrogens with zero attached hydrogens (tertiary/aromatic N) is 2. The van der Waals surface area contributed by atoms with Crippen LogP contribution in [0.25, 0.3) is 0 Å². The van der Waals surface area contributed by atoms with Crippen LogP contribution in [-0.4, -0.2) is 35.0 Å². The normalized spacial score (nSPS) is 18.9. The molecule has 0 bridgehead atoms. The molecule has 0 saturated carbocycles. The van der Waals surface area contributed by atoms with Crippen molar-refractivity contribution in [3.8, 4) is 11.5 Å². The lowest BCUT2D eigenvalue weighted by molar-refractivity contribution is -0.189. The van der Waals surface area contributed by atoms with E-state index in [9.17, 15) is 4.79 Å². The van der Waals surface area contributed by atoms with Crippen molar-refractivity contribution in [2.24, 2.45) is 0 Å². The van der Waals surface area contributed by atoms with Gasteiger partial charge in [-0.2, -0.15) is 0 Å². The summed E-state index contributed by atoms with van der Waals surface area (Å²) >= 11 is 12.6. The Morgan fingerprint density at radius 2 is 1.89 bits per heavy atom. The highest BCUT2D eigenvalue weighted by Gasteiger charge is 2.45. The van der Waals surface area contributed by atoms with Crippen molar-refractivity contribution in [2.45, 2.75) is 18.4 Å². The molecule has 1 amide bonds. The highest BCUT2D eigenvalue weighted by Crippen LogP contribution is 2.40. The maximum absolute atomic E-state index is 12.1. The number of imidazole rings is 1. The van der Waals surface area contributed by atoms with E-state index in [2.05, 4.69) is 10.3 Å². The quantitative estimate of drug-likeness (QED) is 0.289. The molecule has 3 aromatic carbocycles. The molecule has 5 rings (SSSR count). The van der Waals surface area contributed by atoms with Gasteiger partial charge in [-0.15, -0.1) is 0 Å². The molecule has 1 N–H and O–H groups in total. The van der Waals surface area contributed by atoms with Gasteiger partial charge in [0, 0.05) is 28.7 Å². The smallest absolute Gasteiger partial charge is 0.417 e. The molecule has 2 unspecified atom stereocenters. The molecule has 10 heteroatoms. The van der Waals surface area contributed by atoms with E-state index in [0.29, 0.717) is 45.9 Å². The molecule has 0 aliphatic carbocycles. The minimum absolute atomic E-state index is 0.250. The van der Waals surface area contributed by atoms with Crippen LogP contribution < -0.4 is 14.8 Å². The van der Waals surface area contributed by atoms with Crippen LogP contribution in [0.3, 0.4) is 0 Å². The van der Waals surface area contributed by atoms with Gasteiger partial charge in [-0.3, -0.25) is 5.32 Å². The summed E-state index contributed by atoms with van der Waals surface area (Å²) in [7, 11) is 0. The maximum atomic E-state index is 12.1. The summed E-state index contributed by atoms with van der Waals surface area (Å²) in [4.78, 5) is 16.2. The molecule has 0 spiro atoms. The van der Waals surface area contributed by atoms with Gasteiger partial charge in [0.15, 0.2) is 0 Å². The third kappa shape index (κ3) is 6.23. The fraction of sp³-hybridized carbons (Fsp3) is 0.185. The Labute approximate surface area is 223 Å². The Hall–Kier alpha value is -3.56. The second kappa shape index (κ2) is 11.2. The number of aromatic nitrogens is 2. The number of benzene rings is 3. The second-order valence-corrected chi connectivity index (χ2v) is 9.17. The fourth-order valence-corrected chi connectivity index (χ4v) is 4.49. The molecule has 2 heterocycles. The molecule has 1 aromatic heterocycles. The van der Waals surface area contributed by atoms with Gasteiger partial charge in [0.05, 0.1) is 24.5 Å². The van der Waals surface area contributed by atoms with Crippen LogP contribution in [0.15, 0.2) is 91.5 Å². The molecule has 2 atom stereocenters. The van der Waals surface area contributed by atoms with Crippen molar-refractivity contribution in [2.75, 3.05) is 18.5 Å². The standard InChI is InChI=1S/C27H23Cl2N3O5/c28-19-6-11-24(25(29)14-19)27(17-32-13-12-30-18-32)35-16-23(37-27)15-34-21-9-7-20(8-10-21)31-26(33)36-22-4-2-1-3-5-22/h1-14,18,23H,15-17H2,(H,31,33). The van der Waals surface area contributed by atoms with Crippen molar-refractivity contribution in [3.63, 3.8) is 0 Å². The average molecular weight is 540 g/mol. The number of halogens is 2. The molecular formula is C27H23Cl2N3O5. The number of carbonyl (C=O) groups is 1. The van der Waals surface area contributed by atoms with Crippen LogP contribution in [0.5, 0.6) is 11.5 Å². The van der Waals surface area contributed by atoms with E-state index in [4.69, 9.17) is 42.1 Å². The van der Waals surface area contributed by atoms with Gasteiger partial charge >= 0.3 is 6.09 Å². The Bertz CT molecular complexity index is 1340. The SMILES string of the molecule is O=C(Nc1ccc(OCC2COC(Cn3ccnc3)(c3ccc(Cl)cc3Cl)O2)cc1)Oc1ccccc1. The van der Waals surface area contributed by atoms with Gasteiger partial charge in [-0.05, 0) is 48.5 Å². The van der Waals surface area contributed by atoms with Crippen LogP contribution in [0.2, 0.25) is 10.0 Å². The van der Waals surface area contributed by atoms with E-state index in [0.717, 1.165) is 0 Å². The zero-order chi connectivity index (χ0) is 25.7. The molecule has 1 saturated heterocycles. The zero-order valence-electron chi connectivity index (χ0n) is 19.6. The summed E-state index contributed by atoms with van der Waals surface area (Å²) in [5.41, 5.74) is 1.25. The lowest BCUT2D eigenvalue weighted by Crippen LogP contribution is -2.34. The van der Waals surface area contributed by atoms with E-state index in [1.807, 2.05) is 16.8 Å². The van der Waals surface area contributed by atoms with Gasteiger partial charge < -0.3 is 23.5 Å². The largest absolute Gasteiger partial charge is 0.491 e. The average Bonchev–Trinajstić information content (AvgIpc) is 3.55. The number of anilines is 1. The zero-order valence-corrected chi connectivity index (χ0v) is 21.1. The summed E-state index contributed by atoms with van der Waals surface area (Å²) < 4.78 is 25.6. The molecule has 8 nitrogen and oxygen atoms in total. The molecular weight excluding hydrogens is 517 g/mol. The topological polar surface area (TPSA) is 83.8 Å². The minimum Gasteiger partial charge on any atom is -0.491 e. The lowest BCUT2D eigenvalue weighted by atomic mass is 10.1. The third-order valence-corrected chi connectivity index (χ3v) is 6.19. The fourth-order valence-electron chi connectivity index (χ4n) is 3.94. The summed E-state index contributed by atoms with van der Waals surface area (Å²) in [6.07, 6.45) is 4.27. The van der Waals surface area contributed by atoms with Crippen molar-refractivity contribution in [3.05, 3.63) is 107 Å². The van der Waals surface area contributed by atoms with E-state index in [1.54, 1.807) is 79.3 Å². The summed E-state index contributed by atoms with van der Waals surface area (Å²) in [5.74, 6) is -0.0477. The Morgan fingerprint density at radius 3 is 2.62 bits per heavy atom. The van der Waals surface area contributed by atoms with Gasteiger partial charge in [0.25, 0.3) is 0 Å². The highest BCUT2D eigenvalue weighted by atomic mass is 35.5. The monoisotopic (exact) mass is 539 g/mol. The van der Waals surface area contributed by atoms with Gasteiger partial charge in [0.1, 0.15) is 24.2 Å². The number of ether oxygens (including phenoxy) is 4. The number of nitrogens with one attached hydrogen (secondary N) is 1. The summed E-state index contributed by atoms with van der Waals surface area (Å²) in [6.45, 7) is 0.905. The van der Waals surface area contributed by atoms with E-state index < -0.39 is 11.9 Å². The Morgan fingerprint density at radius 1 is 1.08 bits per heavy atom. The first-order chi connectivity index (χ1) is 18.0. The highest BCUT2D eigenvalue weighted by molar-refractivity contribution is 6.35. The first kappa shape index (κ1) is 25.1. The molecule has 1 aliphatic rings. The number of carbonyl (C=O) groups excluding carboxylic acids is 1. The van der Waals surface area contributed by atoms with Crippen molar-refractivity contribution in [1.82, 2.24) is 9.55 Å². The van der Waals surface area contributed by atoms with Crippen LogP contribution in [0, 0.1) is 0 Å². The van der Waals surface area contributed by atoms with Crippen LogP contribution in [0.4, 0.5) is 10.5 Å². The molecule has 0 radical (unpaired) electrons. The van der Waals surface area contributed by atoms with E-state index in [-0.39, 0.29) is 12.7 Å². The predicted octanol–water partition coefficient (Wildman–Crippen LogP) is 6.15. The van der Waals surface area contributed by atoms with Gasteiger partial charge in [0.2, 0.25) is 5.79 Å².